The van der Waals surface area contributed by atoms with Gasteiger partial charge in [-0.05, 0) is 35.6 Å². The maximum Gasteiger partial charge on any atom is 0.175 e. The molecule has 2 rings (SSSR count). The van der Waals surface area contributed by atoms with Gasteiger partial charge in [-0.1, -0.05) is 11.6 Å². The summed E-state index contributed by atoms with van der Waals surface area (Å²) in [5, 5.41) is 8.83. The molecule has 0 N–H and O–H groups in total. The van der Waals surface area contributed by atoms with Crippen LogP contribution >= 0.6 is 34.2 Å². The summed E-state index contributed by atoms with van der Waals surface area (Å²) in [6.45, 7) is 3.08. The molecule has 0 fully saturated rings. The minimum Gasteiger partial charge on any atom is -0.374 e. The van der Waals surface area contributed by atoms with Crippen molar-refractivity contribution in [2.75, 3.05) is 6.61 Å². The largest absolute Gasteiger partial charge is 0.374 e. The number of hydrogen-bond acceptors (Lipinski definition) is 3. The molecule has 0 saturated heterocycles. The lowest BCUT2D eigenvalue weighted by molar-refractivity contribution is 0.127. The van der Waals surface area contributed by atoms with E-state index in [0.717, 1.165) is 15.0 Å². The molecule has 0 bridgehead atoms. The first-order chi connectivity index (χ1) is 7.24. The topological polar surface area (TPSA) is 39.4 Å². The van der Waals surface area contributed by atoms with E-state index in [1.165, 1.54) is 0 Å². The first-order valence-electron chi connectivity index (χ1n) is 4.49. The molecule has 0 aromatic carbocycles. The first-order valence-corrected chi connectivity index (χ1v) is 5.95. The van der Waals surface area contributed by atoms with E-state index in [2.05, 4.69) is 32.8 Å². The maximum atomic E-state index is 5.98. The zero-order valence-corrected chi connectivity index (χ0v) is 11.0. The fourth-order valence-corrected chi connectivity index (χ4v) is 1.93. The Hall–Kier alpha value is -0.400. The molecule has 0 aliphatic carbocycles. The molecular weight excluding hydrogens is 328 g/mol. The van der Waals surface area contributed by atoms with Crippen molar-refractivity contribution in [2.24, 2.45) is 0 Å². The van der Waals surface area contributed by atoms with Crippen LogP contribution in [0.15, 0.2) is 12.3 Å². The predicted octanol–water partition coefficient (Wildman–Crippen LogP) is 2.52. The molecule has 0 atom stereocenters. The van der Waals surface area contributed by atoms with Gasteiger partial charge in [0.05, 0.1) is 8.59 Å². The number of hydrogen-bond donors (Lipinski definition) is 0. The number of nitrogens with zero attached hydrogens (tertiary/aromatic N) is 3. The van der Waals surface area contributed by atoms with E-state index in [9.17, 15) is 0 Å². The number of aromatic nitrogens is 3. The highest BCUT2D eigenvalue weighted by atomic mass is 127. The average Bonchev–Trinajstić information content (AvgIpc) is 2.64. The first kappa shape index (κ1) is 11.1. The zero-order valence-electron chi connectivity index (χ0n) is 8.07. The summed E-state index contributed by atoms with van der Waals surface area (Å²) in [6.07, 6.45) is 1.86. The summed E-state index contributed by atoms with van der Waals surface area (Å²) in [4.78, 5) is 0. The number of rotatable bonds is 3. The van der Waals surface area contributed by atoms with E-state index in [4.69, 9.17) is 16.3 Å². The predicted molar refractivity (Wildman–Crippen MR) is 66.0 cm³/mol. The van der Waals surface area contributed by atoms with Gasteiger partial charge >= 0.3 is 0 Å². The molecule has 6 heteroatoms. The Morgan fingerprint density at radius 2 is 2.33 bits per heavy atom. The van der Waals surface area contributed by atoms with Gasteiger partial charge in [-0.15, -0.1) is 10.2 Å². The van der Waals surface area contributed by atoms with Crippen molar-refractivity contribution < 1.29 is 4.74 Å². The summed E-state index contributed by atoms with van der Waals surface area (Å²) < 4.78 is 8.10. The number of pyridine rings is 1. The molecular formula is C9H9ClIN3O. The monoisotopic (exact) mass is 337 g/mol. The van der Waals surface area contributed by atoms with Gasteiger partial charge < -0.3 is 4.74 Å². The molecule has 0 unspecified atom stereocenters. The van der Waals surface area contributed by atoms with E-state index >= 15 is 0 Å². The standard InChI is InChI=1S/C9H9ClIN3O/c1-2-15-5-7-12-13-9-8(11)6(10)3-4-14(7)9/h3-4H,2,5H2,1H3. The van der Waals surface area contributed by atoms with Crippen molar-refractivity contribution >= 4 is 39.8 Å². The molecule has 80 valence electrons. The fraction of sp³-hybridized carbons (Fsp3) is 0.333. The SMILES string of the molecule is CCOCc1nnc2c(I)c(Cl)ccn12. The maximum absolute atomic E-state index is 5.98. The summed E-state index contributed by atoms with van der Waals surface area (Å²) in [5.41, 5.74) is 0.776. The Morgan fingerprint density at radius 3 is 3.07 bits per heavy atom. The van der Waals surface area contributed by atoms with Crippen LogP contribution in [0.5, 0.6) is 0 Å². The lowest BCUT2D eigenvalue weighted by atomic mass is 10.4. The van der Waals surface area contributed by atoms with E-state index in [0.29, 0.717) is 18.2 Å². The Morgan fingerprint density at radius 1 is 1.53 bits per heavy atom. The van der Waals surface area contributed by atoms with Crippen LogP contribution in [0.2, 0.25) is 5.02 Å². The smallest absolute Gasteiger partial charge is 0.175 e. The Kier molecular flexibility index (Phi) is 3.42. The molecule has 0 amide bonds. The Labute approximate surface area is 106 Å². The minimum absolute atomic E-state index is 0.468. The van der Waals surface area contributed by atoms with Crippen LogP contribution in [0.3, 0.4) is 0 Å². The minimum atomic E-state index is 0.468. The van der Waals surface area contributed by atoms with E-state index in [1.54, 1.807) is 0 Å². The van der Waals surface area contributed by atoms with E-state index < -0.39 is 0 Å². The van der Waals surface area contributed by atoms with Crippen molar-refractivity contribution in [1.29, 1.82) is 0 Å². The van der Waals surface area contributed by atoms with Gasteiger partial charge in [0.2, 0.25) is 0 Å². The van der Waals surface area contributed by atoms with Crippen molar-refractivity contribution in [1.82, 2.24) is 14.6 Å². The van der Waals surface area contributed by atoms with Crippen LogP contribution in [0, 0.1) is 3.57 Å². The van der Waals surface area contributed by atoms with Crippen LogP contribution in [0.4, 0.5) is 0 Å². The summed E-state index contributed by atoms with van der Waals surface area (Å²) in [5.74, 6) is 0.793. The summed E-state index contributed by atoms with van der Waals surface area (Å²) >= 11 is 8.14. The summed E-state index contributed by atoms with van der Waals surface area (Å²) in [7, 11) is 0. The van der Waals surface area contributed by atoms with Crippen molar-refractivity contribution in [2.45, 2.75) is 13.5 Å². The Bertz CT molecular complexity index is 485. The molecule has 0 aliphatic rings. The lowest BCUT2D eigenvalue weighted by Gasteiger charge is -2.01. The Balaban J connectivity index is 2.47. The quantitative estimate of drug-likeness (QED) is 0.808. The second-order valence-electron chi connectivity index (χ2n) is 2.92. The number of halogens is 2. The molecule has 4 nitrogen and oxygen atoms in total. The van der Waals surface area contributed by atoms with Crippen LogP contribution in [-0.2, 0) is 11.3 Å². The van der Waals surface area contributed by atoms with E-state index in [-0.39, 0.29) is 0 Å². The van der Waals surface area contributed by atoms with E-state index in [1.807, 2.05) is 23.6 Å². The second kappa shape index (κ2) is 4.63. The van der Waals surface area contributed by atoms with Crippen molar-refractivity contribution in [3.8, 4) is 0 Å². The zero-order chi connectivity index (χ0) is 10.8. The molecule has 2 heterocycles. The van der Waals surface area contributed by atoms with Gasteiger partial charge in [-0.3, -0.25) is 4.40 Å². The van der Waals surface area contributed by atoms with Gasteiger partial charge in [0.15, 0.2) is 11.5 Å². The van der Waals surface area contributed by atoms with Gasteiger partial charge in [0.25, 0.3) is 0 Å². The number of fused-ring (bicyclic) bond motifs is 1. The van der Waals surface area contributed by atoms with Crippen LogP contribution in [0.1, 0.15) is 12.7 Å². The fourth-order valence-electron chi connectivity index (χ4n) is 1.24. The third-order valence-electron chi connectivity index (χ3n) is 1.98. The van der Waals surface area contributed by atoms with Crippen LogP contribution in [0.25, 0.3) is 5.65 Å². The van der Waals surface area contributed by atoms with Gasteiger partial charge in [-0.25, -0.2) is 0 Å². The highest BCUT2D eigenvalue weighted by molar-refractivity contribution is 14.1. The van der Waals surface area contributed by atoms with Crippen LogP contribution < -0.4 is 0 Å². The van der Waals surface area contributed by atoms with Gasteiger partial charge in [0.1, 0.15) is 6.61 Å². The molecule has 0 aliphatic heterocycles. The summed E-state index contributed by atoms with van der Waals surface area (Å²) in [6, 6.07) is 1.83. The molecule has 15 heavy (non-hydrogen) atoms. The normalized spacial score (nSPS) is 11.1. The molecule has 0 saturated carbocycles. The number of ether oxygens (including phenoxy) is 1. The lowest BCUT2D eigenvalue weighted by Crippen LogP contribution is -1.99. The molecule has 2 aromatic heterocycles. The van der Waals surface area contributed by atoms with Gasteiger partial charge in [0, 0.05) is 12.8 Å². The second-order valence-corrected chi connectivity index (χ2v) is 4.41. The van der Waals surface area contributed by atoms with Gasteiger partial charge in [-0.2, -0.15) is 0 Å². The molecule has 2 aromatic rings. The molecule has 0 radical (unpaired) electrons. The van der Waals surface area contributed by atoms with Crippen LogP contribution in [-0.4, -0.2) is 21.2 Å². The molecule has 0 spiro atoms. The highest BCUT2D eigenvalue weighted by Gasteiger charge is 2.10. The average molecular weight is 338 g/mol. The highest BCUT2D eigenvalue weighted by Crippen LogP contribution is 2.22. The third kappa shape index (κ3) is 2.09. The van der Waals surface area contributed by atoms with Crippen molar-refractivity contribution in [3.63, 3.8) is 0 Å². The third-order valence-corrected chi connectivity index (χ3v) is 3.67. The van der Waals surface area contributed by atoms with Crippen molar-refractivity contribution in [3.05, 3.63) is 26.7 Å².